The highest BCUT2D eigenvalue weighted by atomic mass is 16.5. The fourth-order valence-electron chi connectivity index (χ4n) is 2.34. The maximum absolute atomic E-state index is 11.1. The van der Waals surface area contributed by atoms with Gasteiger partial charge in [0, 0.05) is 5.56 Å². The number of nitrogens with zero attached hydrogens (tertiary/aromatic N) is 2. The van der Waals surface area contributed by atoms with E-state index < -0.39 is 12.0 Å². The number of amides is 1. The second-order valence-corrected chi connectivity index (χ2v) is 5.52. The number of hydrogen-bond acceptors (Lipinski definition) is 5. The second kappa shape index (κ2) is 7.47. The first-order chi connectivity index (χ1) is 12.6. The molecule has 0 bridgehead atoms. The lowest BCUT2D eigenvalue weighted by Crippen LogP contribution is -2.21. The predicted octanol–water partition coefficient (Wildman–Crippen LogP) is 2.93. The molecule has 1 amide bonds. The molecule has 6 nitrogen and oxygen atoms in total. The second-order valence-electron chi connectivity index (χ2n) is 5.52. The van der Waals surface area contributed by atoms with Crippen molar-refractivity contribution < 1.29 is 14.6 Å². The summed E-state index contributed by atoms with van der Waals surface area (Å²) in [6.45, 7) is 0. The van der Waals surface area contributed by atoms with Gasteiger partial charge in [0.25, 0.3) is 5.91 Å². The number of nitrogens with two attached hydrogens (primary N) is 1. The molecule has 0 aliphatic carbocycles. The standard InChI is InChI=1S/C20H15N3O3/c21-12-13-4-8-15(9-5-13)26-16-10-6-14(7-11-16)17-2-1-3-18(23-17)19(24)20(22)25/h1-11,19,24H,(H2,22,25)/t19-/m1/s1. The SMILES string of the molecule is N#Cc1ccc(Oc2ccc(-c3cccc([C@@H](O)C(N)=O)n3)cc2)cc1. The summed E-state index contributed by atoms with van der Waals surface area (Å²) >= 11 is 0. The molecule has 1 heterocycles. The predicted molar refractivity (Wildman–Crippen MR) is 95.1 cm³/mol. The first-order valence-electron chi connectivity index (χ1n) is 7.79. The Labute approximate surface area is 150 Å². The van der Waals surface area contributed by atoms with Crippen LogP contribution in [0, 0.1) is 11.3 Å². The fourth-order valence-corrected chi connectivity index (χ4v) is 2.34. The summed E-state index contributed by atoms with van der Waals surface area (Å²) in [4.78, 5) is 15.4. The van der Waals surface area contributed by atoms with Crippen LogP contribution in [0.15, 0.2) is 66.7 Å². The lowest BCUT2D eigenvalue weighted by atomic mass is 10.1. The fraction of sp³-hybridized carbons (Fsp3) is 0.0500. The highest BCUT2D eigenvalue weighted by Crippen LogP contribution is 2.26. The van der Waals surface area contributed by atoms with E-state index in [-0.39, 0.29) is 5.69 Å². The molecule has 3 N–H and O–H groups in total. The molecule has 6 heteroatoms. The molecule has 0 aliphatic rings. The van der Waals surface area contributed by atoms with Gasteiger partial charge in [0.05, 0.1) is 23.0 Å². The van der Waals surface area contributed by atoms with Gasteiger partial charge in [0.15, 0.2) is 6.10 Å². The zero-order chi connectivity index (χ0) is 18.5. The Morgan fingerprint density at radius 1 is 1.04 bits per heavy atom. The topological polar surface area (TPSA) is 109 Å². The van der Waals surface area contributed by atoms with Gasteiger partial charge in [-0.1, -0.05) is 6.07 Å². The van der Waals surface area contributed by atoms with E-state index in [4.69, 9.17) is 15.7 Å². The molecule has 0 saturated carbocycles. The Hall–Kier alpha value is -3.69. The molecule has 1 aromatic heterocycles. The van der Waals surface area contributed by atoms with Gasteiger partial charge in [-0.25, -0.2) is 4.98 Å². The van der Waals surface area contributed by atoms with Crippen LogP contribution in [0.3, 0.4) is 0 Å². The zero-order valence-corrected chi connectivity index (χ0v) is 13.7. The number of nitriles is 1. The highest BCUT2D eigenvalue weighted by Gasteiger charge is 2.15. The number of carbonyl (C=O) groups is 1. The minimum absolute atomic E-state index is 0.202. The van der Waals surface area contributed by atoms with Crippen molar-refractivity contribution in [2.24, 2.45) is 5.73 Å². The van der Waals surface area contributed by atoms with E-state index in [1.54, 1.807) is 54.6 Å². The van der Waals surface area contributed by atoms with Crippen molar-refractivity contribution in [2.75, 3.05) is 0 Å². The number of aliphatic hydroxyl groups excluding tert-OH is 1. The molecular weight excluding hydrogens is 330 g/mol. The van der Waals surface area contributed by atoms with E-state index in [0.717, 1.165) is 5.56 Å². The molecule has 0 unspecified atom stereocenters. The summed E-state index contributed by atoms with van der Waals surface area (Å²) in [5.41, 5.74) is 7.28. The number of pyridine rings is 1. The van der Waals surface area contributed by atoms with Crippen LogP contribution in [0.5, 0.6) is 11.5 Å². The smallest absolute Gasteiger partial charge is 0.252 e. The van der Waals surface area contributed by atoms with E-state index in [2.05, 4.69) is 11.1 Å². The van der Waals surface area contributed by atoms with Crippen LogP contribution >= 0.6 is 0 Å². The van der Waals surface area contributed by atoms with Crippen LogP contribution < -0.4 is 10.5 Å². The molecular formula is C20H15N3O3. The minimum atomic E-state index is -1.44. The van der Waals surface area contributed by atoms with Gasteiger partial charge >= 0.3 is 0 Å². The molecule has 0 aliphatic heterocycles. The van der Waals surface area contributed by atoms with Crippen molar-refractivity contribution in [3.63, 3.8) is 0 Å². The van der Waals surface area contributed by atoms with E-state index in [1.807, 2.05) is 12.1 Å². The van der Waals surface area contributed by atoms with Gasteiger partial charge < -0.3 is 15.6 Å². The monoisotopic (exact) mass is 345 g/mol. The van der Waals surface area contributed by atoms with Crippen molar-refractivity contribution in [3.05, 3.63) is 78.0 Å². The van der Waals surface area contributed by atoms with Crippen molar-refractivity contribution >= 4 is 5.91 Å². The van der Waals surface area contributed by atoms with Crippen molar-refractivity contribution in [3.8, 4) is 28.8 Å². The molecule has 3 aromatic rings. The van der Waals surface area contributed by atoms with Gasteiger partial charge in [-0.15, -0.1) is 0 Å². The number of aliphatic hydroxyl groups is 1. The molecule has 3 rings (SSSR count). The minimum Gasteiger partial charge on any atom is -0.457 e. The van der Waals surface area contributed by atoms with E-state index in [9.17, 15) is 9.90 Å². The third kappa shape index (κ3) is 3.86. The van der Waals surface area contributed by atoms with E-state index >= 15 is 0 Å². The maximum atomic E-state index is 11.1. The highest BCUT2D eigenvalue weighted by molar-refractivity contribution is 5.79. The summed E-state index contributed by atoms with van der Waals surface area (Å²) in [5.74, 6) is 0.411. The van der Waals surface area contributed by atoms with E-state index in [1.165, 1.54) is 0 Å². The number of ether oxygens (including phenoxy) is 1. The number of rotatable bonds is 5. The van der Waals surface area contributed by atoms with Gasteiger partial charge in [0.1, 0.15) is 11.5 Å². The molecule has 0 spiro atoms. The lowest BCUT2D eigenvalue weighted by molar-refractivity contribution is -0.126. The summed E-state index contributed by atoms with van der Waals surface area (Å²) in [5, 5.41) is 18.5. The normalized spacial score (nSPS) is 11.4. The van der Waals surface area contributed by atoms with Gasteiger partial charge in [-0.3, -0.25) is 4.79 Å². The summed E-state index contributed by atoms with van der Waals surface area (Å²) in [7, 11) is 0. The molecule has 2 aromatic carbocycles. The Morgan fingerprint density at radius 2 is 1.65 bits per heavy atom. The van der Waals surface area contributed by atoms with Crippen LogP contribution in [0.2, 0.25) is 0 Å². The molecule has 0 radical (unpaired) electrons. The Bertz CT molecular complexity index is 961. The largest absolute Gasteiger partial charge is 0.457 e. The Morgan fingerprint density at radius 3 is 2.23 bits per heavy atom. The number of aromatic nitrogens is 1. The third-order valence-corrected chi connectivity index (χ3v) is 3.69. The van der Waals surface area contributed by atoms with Crippen molar-refractivity contribution in [1.82, 2.24) is 4.98 Å². The first-order valence-corrected chi connectivity index (χ1v) is 7.79. The lowest BCUT2D eigenvalue weighted by Gasteiger charge is -2.09. The molecule has 26 heavy (non-hydrogen) atoms. The molecule has 0 fully saturated rings. The number of carbonyl (C=O) groups excluding carboxylic acids is 1. The van der Waals surface area contributed by atoms with Crippen molar-refractivity contribution in [1.29, 1.82) is 5.26 Å². The molecule has 128 valence electrons. The average molecular weight is 345 g/mol. The summed E-state index contributed by atoms with van der Waals surface area (Å²) < 4.78 is 5.73. The Kier molecular flexibility index (Phi) is 4.92. The summed E-state index contributed by atoms with van der Waals surface area (Å²) in [6.07, 6.45) is -1.44. The maximum Gasteiger partial charge on any atom is 0.252 e. The average Bonchev–Trinajstić information content (AvgIpc) is 2.68. The van der Waals surface area contributed by atoms with Crippen LogP contribution in [0.4, 0.5) is 0 Å². The number of primary amides is 1. The summed E-state index contributed by atoms with van der Waals surface area (Å²) in [6, 6.07) is 21.1. The number of benzene rings is 2. The van der Waals surface area contributed by atoms with Crippen LogP contribution in [0.1, 0.15) is 17.4 Å². The van der Waals surface area contributed by atoms with Crippen LogP contribution in [0.25, 0.3) is 11.3 Å². The van der Waals surface area contributed by atoms with Gasteiger partial charge in [-0.2, -0.15) is 5.26 Å². The zero-order valence-electron chi connectivity index (χ0n) is 13.7. The van der Waals surface area contributed by atoms with Crippen molar-refractivity contribution in [2.45, 2.75) is 6.10 Å². The molecule has 0 saturated heterocycles. The van der Waals surface area contributed by atoms with Crippen LogP contribution in [-0.2, 0) is 4.79 Å². The van der Waals surface area contributed by atoms with Gasteiger partial charge in [0.2, 0.25) is 0 Å². The Balaban J connectivity index is 1.78. The third-order valence-electron chi connectivity index (χ3n) is 3.69. The molecule has 1 atom stereocenters. The van der Waals surface area contributed by atoms with Gasteiger partial charge in [-0.05, 0) is 60.7 Å². The van der Waals surface area contributed by atoms with Crippen LogP contribution in [-0.4, -0.2) is 16.0 Å². The first kappa shape index (κ1) is 17.1. The number of hydrogen-bond donors (Lipinski definition) is 2. The quantitative estimate of drug-likeness (QED) is 0.739. The van der Waals surface area contributed by atoms with E-state index in [0.29, 0.717) is 22.8 Å².